The highest BCUT2D eigenvalue weighted by Crippen LogP contribution is 2.30. The normalized spacial score (nSPS) is 21.1. The lowest BCUT2D eigenvalue weighted by Gasteiger charge is -2.30. The summed E-state index contributed by atoms with van der Waals surface area (Å²) in [5.41, 5.74) is 3.61. The number of β-amino-alcohol motifs (C(OH)–C–C–N with tert-alkyl or cyclic N) is 1. The standard InChI is InChI=1S/C15H23NO3S/c1-10-8-11(2)13(4)15(12(10)3)20(18,19)16-7-5-6-14(17)9-16/h8,14,17H,5-7,9H2,1-4H3. The van der Waals surface area contributed by atoms with Crippen LogP contribution in [-0.4, -0.2) is 37.0 Å². The molecule has 2 rings (SSSR count). The molecule has 0 bridgehead atoms. The molecule has 1 unspecified atom stereocenters. The number of benzene rings is 1. The summed E-state index contributed by atoms with van der Waals surface area (Å²) in [4.78, 5) is 0.420. The first kappa shape index (κ1) is 15.5. The Morgan fingerprint density at radius 3 is 2.20 bits per heavy atom. The summed E-state index contributed by atoms with van der Waals surface area (Å²) < 4.78 is 27.2. The van der Waals surface area contributed by atoms with Crippen LogP contribution in [0, 0.1) is 27.7 Å². The summed E-state index contributed by atoms with van der Waals surface area (Å²) >= 11 is 0. The Labute approximate surface area is 121 Å². The second kappa shape index (κ2) is 5.47. The molecule has 0 spiro atoms. The predicted molar refractivity (Wildman–Crippen MR) is 79.4 cm³/mol. The van der Waals surface area contributed by atoms with E-state index in [1.54, 1.807) is 0 Å². The minimum Gasteiger partial charge on any atom is -0.392 e. The number of sulfonamides is 1. The number of piperidine rings is 1. The van der Waals surface area contributed by atoms with Crippen LogP contribution in [0.4, 0.5) is 0 Å². The van der Waals surface area contributed by atoms with Crippen molar-refractivity contribution in [2.45, 2.75) is 51.5 Å². The van der Waals surface area contributed by atoms with Gasteiger partial charge in [0.1, 0.15) is 0 Å². The van der Waals surface area contributed by atoms with Crippen LogP contribution in [-0.2, 0) is 10.0 Å². The third kappa shape index (κ3) is 2.62. The molecule has 0 aromatic heterocycles. The lowest BCUT2D eigenvalue weighted by molar-refractivity contribution is 0.108. The van der Waals surface area contributed by atoms with Crippen LogP contribution in [0.2, 0.25) is 0 Å². The zero-order valence-corrected chi connectivity index (χ0v) is 13.4. The van der Waals surface area contributed by atoms with E-state index in [1.807, 2.05) is 33.8 Å². The lowest BCUT2D eigenvalue weighted by atomic mass is 10.0. The zero-order valence-electron chi connectivity index (χ0n) is 12.6. The zero-order chi connectivity index (χ0) is 15.1. The van der Waals surface area contributed by atoms with E-state index in [2.05, 4.69) is 0 Å². The molecule has 1 aromatic carbocycles. The minimum absolute atomic E-state index is 0.203. The Balaban J connectivity index is 2.55. The van der Waals surface area contributed by atoms with E-state index in [0.717, 1.165) is 22.3 Å². The Kier molecular flexibility index (Phi) is 4.23. The largest absolute Gasteiger partial charge is 0.392 e. The van der Waals surface area contributed by atoms with Crippen molar-refractivity contribution in [2.75, 3.05) is 13.1 Å². The van der Waals surface area contributed by atoms with E-state index in [1.165, 1.54) is 4.31 Å². The number of hydrogen-bond donors (Lipinski definition) is 1. The quantitative estimate of drug-likeness (QED) is 0.909. The average Bonchev–Trinajstić information content (AvgIpc) is 2.36. The van der Waals surface area contributed by atoms with Gasteiger partial charge < -0.3 is 5.11 Å². The van der Waals surface area contributed by atoms with Crippen molar-refractivity contribution < 1.29 is 13.5 Å². The molecule has 5 heteroatoms. The summed E-state index contributed by atoms with van der Waals surface area (Å²) in [6.07, 6.45) is 0.838. The first-order chi connectivity index (χ1) is 9.25. The van der Waals surface area contributed by atoms with Gasteiger partial charge in [0.15, 0.2) is 0 Å². The van der Waals surface area contributed by atoms with Gasteiger partial charge in [0.25, 0.3) is 0 Å². The molecule has 1 heterocycles. The third-order valence-electron chi connectivity index (χ3n) is 4.25. The molecule has 20 heavy (non-hydrogen) atoms. The summed E-state index contributed by atoms with van der Waals surface area (Å²) in [7, 11) is -3.53. The van der Waals surface area contributed by atoms with Gasteiger partial charge in [0, 0.05) is 13.1 Å². The van der Waals surface area contributed by atoms with Gasteiger partial charge in [-0.2, -0.15) is 4.31 Å². The number of aliphatic hydroxyl groups is 1. The maximum atomic E-state index is 12.9. The molecule has 1 saturated heterocycles. The average molecular weight is 297 g/mol. The van der Waals surface area contributed by atoms with Crippen LogP contribution < -0.4 is 0 Å². The highest BCUT2D eigenvalue weighted by molar-refractivity contribution is 7.89. The number of aliphatic hydroxyl groups excluding tert-OH is 1. The lowest BCUT2D eigenvalue weighted by Crippen LogP contribution is -2.42. The number of aryl methyl sites for hydroxylation is 2. The number of hydrogen-bond acceptors (Lipinski definition) is 3. The van der Waals surface area contributed by atoms with Gasteiger partial charge in [-0.3, -0.25) is 0 Å². The second-order valence-corrected chi connectivity index (χ2v) is 7.62. The summed E-state index contributed by atoms with van der Waals surface area (Å²) in [5, 5.41) is 9.73. The van der Waals surface area contributed by atoms with Gasteiger partial charge in [-0.05, 0) is 62.8 Å². The molecule has 1 aromatic rings. The first-order valence-corrected chi connectivity index (χ1v) is 8.44. The highest BCUT2D eigenvalue weighted by Gasteiger charge is 2.32. The third-order valence-corrected chi connectivity index (χ3v) is 6.39. The molecular weight excluding hydrogens is 274 g/mol. The highest BCUT2D eigenvalue weighted by atomic mass is 32.2. The molecule has 1 N–H and O–H groups in total. The fourth-order valence-electron chi connectivity index (χ4n) is 2.84. The number of rotatable bonds is 2. The fourth-order valence-corrected chi connectivity index (χ4v) is 4.93. The topological polar surface area (TPSA) is 57.6 Å². The summed E-state index contributed by atoms with van der Waals surface area (Å²) in [5.74, 6) is 0. The molecule has 112 valence electrons. The first-order valence-electron chi connectivity index (χ1n) is 7.00. The Bertz CT molecular complexity index is 596. The van der Waals surface area contributed by atoms with Crippen LogP contribution in [0.15, 0.2) is 11.0 Å². The van der Waals surface area contributed by atoms with Crippen molar-refractivity contribution in [3.05, 3.63) is 28.3 Å². The molecule has 4 nitrogen and oxygen atoms in total. The monoisotopic (exact) mass is 297 g/mol. The smallest absolute Gasteiger partial charge is 0.243 e. The van der Waals surface area contributed by atoms with Crippen molar-refractivity contribution in [1.82, 2.24) is 4.31 Å². The van der Waals surface area contributed by atoms with Crippen molar-refractivity contribution in [3.63, 3.8) is 0 Å². The van der Waals surface area contributed by atoms with Gasteiger partial charge in [0.05, 0.1) is 11.0 Å². The van der Waals surface area contributed by atoms with E-state index in [9.17, 15) is 13.5 Å². The molecule has 0 radical (unpaired) electrons. The van der Waals surface area contributed by atoms with E-state index >= 15 is 0 Å². The van der Waals surface area contributed by atoms with E-state index in [4.69, 9.17) is 0 Å². The Morgan fingerprint density at radius 1 is 1.15 bits per heavy atom. The molecule has 1 aliphatic rings. The molecule has 1 aliphatic heterocycles. The van der Waals surface area contributed by atoms with Crippen molar-refractivity contribution in [3.8, 4) is 0 Å². The maximum Gasteiger partial charge on any atom is 0.243 e. The van der Waals surface area contributed by atoms with Crippen LogP contribution in [0.5, 0.6) is 0 Å². The Morgan fingerprint density at radius 2 is 1.70 bits per heavy atom. The van der Waals surface area contributed by atoms with Crippen LogP contribution in [0.3, 0.4) is 0 Å². The molecule has 0 amide bonds. The van der Waals surface area contributed by atoms with Gasteiger partial charge in [-0.1, -0.05) is 6.07 Å². The van der Waals surface area contributed by atoms with Gasteiger partial charge in [-0.25, -0.2) is 8.42 Å². The SMILES string of the molecule is Cc1cc(C)c(C)c(S(=O)(=O)N2CCCC(O)C2)c1C. The summed E-state index contributed by atoms with van der Waals surface area (Å²) in [6, 6.07) is 2.02. The van der Waals surface area contributed by atoms with Gasteiger partial charge in [-0.15, -0.1) is 0 Å². The van der Waals surface area contributed by atoms with Crippen molar-refractivity contribution in [1.29, 1.82) is 0 Å². The van der Waals surface area contributed by atoms with Crippen molar-refractivity contribution in [2.24, 2.45) is 0 Å². The van der Waals surface area contributed by atoms with E-state index in [0.29, 0.717) is 24.3 Å². The van der Waals surface area contributed by atoms with Gasteiger partial charge in [0.2, 0.25) is 10.0 Å². The predicted octanol–water partition coefficient (Wildman–Crippen LogP) is 2.07. The van der Waals surface area contributed by atoms with Crippen LogP contribution >= 0.6 is 0 Å². The maximum absolute atomic E-state index is 12.9. The molecule has 0 saturated carbocycles. The van der Waals surface area contributed by atoms with Crippen molar-refractivity contribution >= 4 is 10.0 Å². The number of nitrogens with zero attached hydrogens (tertiary/aromatic N) is 1. The molecule has 1 atom stereocenters. The fraction of sp³-hybridized carbons (Fsp3) is 0.600. The second-order valence-electron chi connectivity index (χ2n) is 5.75. The van der Waals surface area contributed by atoms with E-state index < -0.39 is 16.1 Å². The molecular formula is C15H23NO3S. The van der Waals surface area contributed by atoms with E-state index in [-0.39, 0.29) is 6.54 Å². The van der Waals surface area contributed by atoms with Gasteiger partial charge >= 0.3 is 0 Å². The molecule has 1 fully saturated rings. The molecule has 0 aliphatic carbocycles. The van der Waals surface area contributed by atoms with Crippen LogP contribution in [0.1, 0.15) is 35.1 Å². The summed E-state index contributed by atoms with van der Waals surface area (Å²) in [6.45, 7) is 8.28. The Hall–Kier alpha value is -0.910. The van der Waals surface area contributed by atoms with Crippen LogP contribution in [0.25, 0.3) is 0 Å². The minimum atomic E-state index is -3.53.